The van der Waals surface area contributed by atoms with Crippen molar-refractivity contribution in [1.29, 1.82) is 0 Å². The number of hydrogen-bond acceptors (Lipinski definition) is 5. The minimum atomic E-state index is -0.508. The van der Waals surface area contributed by atoms with E-state index in [1.54, 1.807) is 0 Å². The molecule has 1 aliphatic rings. The Labute approximate surface area is 342 Å². The molecule has 0 spiro atoms. The number of benzene rings is 6. The van der Waals surface area contributed by atoms with Crippen LogP contribution in [0.3, 0.4) is 0 Å². The average molecular weight is 776 g/mol. The highest BCUT2D eigenvalue weighted by Gasteiger charge is 2.49. The van der Waals surface area contributed by atoms with E-state index in [1.165, 1.54) is 16.7 Å². The van der Waals surface area contributed by atoms with E-state index in [4.69, 9.17) is 23.7 Å². The average Bonchev–Trinajstić information content (AvgIpc) is 3.26. The summed E-state index contributed by atoms with van der Waals surface area (Å²) in [4.78, 5) is 0. The molecule has 0 N–H and O–H groups in total. The monoisotopic (exact) mass is 775 g/mol. The molecule has 0 saturated carbocycles. The van der Waals surface area contributed by atoms with Crippen molar-refractivity contribution < 1.29 is 23.7 Å². The zero-order valence-electron chi connectivity index (χ0n) is 32.7. The Kier molecular flexibility index (Phi) is 14.8. The molecule has 0 aliphatic carbocycles. The van der Waals surface area contributed by atoms with Crippen LogP contribution >= 0.6 is 0 Å². The fraction of sp³-hybridized carbons (Fsp3) is 0.255. The predicted molar refractivity (Wildman–Crippen MR) is 231 cm³/mol. The largest absolute Gasteiger partial charge is 0.374 e. The molecule has 0 amide bonds. The van der Waals surface area contributed by atoms with Gasteiger partial charge < -0.3 is 23.7 Å². The van der Waals surface area contributed by atoms with Crippen molar-refractivity contribution in [2.24, 2.45) is 0 Å². The lowest BCUT2D eigenvalue weighted by Crippen LogP contribution is -2.58. The molecule has 5 nitrogen and oxygen atoms in total. The van der Waals surface area contributed by atoms with Crippen LogP contribution in [0.25, 0.3) is 0 Å². The second-order valence-electron chi connectivity index (χ2n) is 14.4. The van der Waals surface area contributed by atoms with Crippen molar-refractivity contribution >= 4 is 11.8 Å². The Bertz CT molecular complexity index is 2150. The van der Waals surface area contributed by atoms with E-state index in [-0.39, 0.29) is 0 Å². The Morgan fingerprint density at radius 2 is 1.05 bits per heavy atom. The van der Waals surface area contributed by atoms with Crippen LogP contribution in [0.1, 0.15) is 56.2 Å². The molecule has 0 bridgehead atoms. The van der Waals surface area contributed by atoms with E-state index in [9.17, 15) is 0 Å². The third kappa shape index (κ3) is 11.6. The second kappa shape index (κ2) is 21.0. The van der Waals surface area contributed by atoms with Gasteiger partial charge in [0.25, 0.3) is 0 Å². The Morgan fingerprint density at radius 3 is 1.60 bits per heavy atom. The molecule has 57 heavy (non-hydrogen) atoms. The van der Waals surface area contributed by atoms with Crippen molar-refractivity contribution in [2.75, 3.05) is 12.9 Å². The summed E-state index contributed by atoms with van der Waals surface area (Å²) in [7, 11) is 0. The van der Waals surface area contributed by atoms with Gasteiger partial charge in [0.05, 0.1) is 44.8 Å². The lowest BCUT2D eigenvalue weighted by molar-refractivity contribution is -0.275. The van der Waals surface area contributed by atoms with Gasteiger partial charge in [-0.3, -0.25) is 0 Å². The van der Waals surface area contributed by atoms with Gasteiger partial charge in [-0.25, -0.2) is 0 Å². The van der Waals surface area contributed by atoms with Gasteiger partial charge in [-0.15, -0.1) is 0 Å². The van der Waals surface area contributed by atoms with Crippen LogP contribution in [-0.2, 0) is 68.3 Å². The lowest BCUT2D eigenvalue weighted by Gasteiger charge is -2.46. The summed E-state index contributed by atoms with van der Waals surface area (Å²) in [5.41, 5.74) is 10.0. The summed E-state index contributed by atoms with van der Waals surface area (Å²) >= 11 is 1.07. The maximum absolute atomic E-state index is 7.22. The van der Waals surface area contributed by atoms with Gasteiger partial charge in [0, 0.05) is 5.56 Å². The molecule has 0 unspecified atom stereocenters. The van der Waals surface area contributed by atoms with Gasteiger partial charge in [-0.1, -0.05) is 152 Å². The summed E-state index contributed by atoms with van der Waals surface area (Å²) < 4.78 is 34.6. The first-order valence-electron chi connectivity index (χ1n) is 19.6. The first-order chi connectivity index (χ1) is 28.1. The minimum absolute atomic E-state index is 0.312. The summed E-state index contributed by atoms with van der Waals surface area (Å²) in [5.74, 6) is 3.23. The van der Waals surface area contributed by atoms with Crippen LogP contribution in [0.2, 0.25) is 0 Å². The molecule has 5 atom stereocenters. The van der Waals surface area contributed by atoms with Crippen molar-refractivity contribution in [3.8, 4) is 11.2 Å². The fourth-order valence-corrected chi connectivity index (χ4v) is 7.40. The van der Waals surface area contributed by atoms with Gasteiger partial charge in [-0.05, 0) is 75.9 Å². The van der Waals surface area contributed by atoms with E-state index in [0.29, 0.717) is 33.0 Å². The molecule has 0 radical (unpaired) electrons. The number of aryl methyl sites for hydroxylation is 1. The molecule has 7 rings (SSSR count). The highest BCUT2D eigenvalue weighted by atomic mass is 32.2. The third-order valence-electron chi connectivity index (χ3n) is 10.2. The van der Waals surface area contributed by atoms with Crippen molar-refractivity contribution in [3.63, 3.8) is 0 Å². The molecule has 0 aromatic heterocycles. The van der Waals surface area contributed by atoms with E-state index in [1.807, 2.05) is 79.1 Å². The van der Waals surface area contributed by atoms with Crippen molar-refractivity contribution in [3.05, 3.63) is 214 Å². The van der Waals surface area contributed by atoms with E-state index in [0.717, 1.165) is 51.6 Å². The Balaban J connectivity index is 1.25. The Hall–Kier alpha value is -4.97. The summed E-state index contributed by atoms with van der Waals surface area (Å²) in [6, 6.07) is 56.2. The molecule has 1 aliphatic heterocycles. The zero-order chi connectivity index (χ0) is 39.1. The van der Waals surface area contributed by atoms with Gasteiger partial charge in [0.2, 0.25) is 0 Å². The van der Waals surface area contributed by atoms with E-state index in [2.05, 4.69) is 109 Å². The molecule has 1 fully saturated rings. The molecule has 6 heteroatoms. The number of rotatable bonds is 16. The molecular weight excluding hydrogens is 725 g/mol. The predicted octanol–water partition coefficient (Wildman–Crippen LogP) is 9.75. The normalized spacial score (nSPS) is 19.1. The van der Waals surface area contributed by atoms with Crippen molar-refractivity contribution in [1.82, 2.24) is 0 Å². The number of hydrogen-bond donors (Lipinski definition) is 0. The topological polar surface area (TPSA) is 46.2 Å². The van der Waals surface area contributed by atoms with Crippen LogP contribution in [-0.4, -0.2) is 37.3 Å². The maximum atomic E-state index is 7.22. The lowest BCUT2D eigenvalue weighted by atomic mass is 9.88. The molecule has 290 valence electrons. The minimum Gasteiger partial charge on any atom is -0.374 e. The van der Waals surface area contributed by atoms with Gasteiger partial charge in [0.15, 0.2) is 5.25 Å². The SMILES string of the molecule is C[SH+]C#Cc1ccc(Cc2cc([C@@H]3O[C@H](COCc4ccccc4)[C@@H](OCc4ccccc4)[C@H](OCc4ccccc4)[C@H]3OCc3ccccc3)ccc2C)cc1. The van der Waals surface area contributed by atoms with E-state index < -0.39 is 30.5 Å². The standard InChI is InChI=1S/C51H50O5S/c1-38-23-28-45(32-46(38)31-40-26-24-39(25-27-40)29-30-57-2)48-50(54-35-43-19-11-5-12-20-43)51(55-36-44-21-13-6-14-22-44)49(53-34-42-17-9-4-10-18-42)47(56-48)37-52-33-41-15-7-3-8-16-41/h3-28,32,47-51H,31,33-37H2,1-2H3/p+1/t47-,48+,49-,50+,51+/m1/s1. The molecular formula is C51H51O5S+. The fourth-order valence-electron chi connectivity index (χ4n) is 7.16. The summed E-state index contributed by atoms with van der Waals surface area (Å²) in [5, 5.41) is 3.15. The molecule has 6 aromatic carbocycles. The molecule has 1 saturated heterocycles. The number of thiol groups is 1. The van der Waals surface area contributed by atoms with Gasteiger partial charge >= 0.3 is 0 Å². The number of ether oxygens (including phenoxy) is 5. The zero-order valence-corrected chi connectivity index (χ0v) is 33.6. The second-order valence-corrected chi connectivity index (χ2v) is 15.1. The molecule has 1 heterocycles. The van der Waals surface area contributed by atoms with Crippen LogP contribution in [0.5, 0.6) is 0 Å². The van der Waals surface area contributed by atoms with Crippen molar-refractivity contribution in [2.45, 2.75) is 70.3 Å². The Morgan fingerprint density at radius 1 is 0.544 bits per heavy atom. The first kappa shape index (κ1) is 40.2. The maximum Gasteiger partial charge on any atom is 0.154 e. The highest BCUT2D eigenvalue weighted by molar-refractivity contribution is 7.82. The first-order valence-corrected chi connectivity index (χ1v) is 21.0. The van der Waals surface area contributed by atoms with Crippen LogP contribution in [0.4, 0.5) is 0 Å². The summed E-state index contributed by atoms with van der Waals surface area (Å²) in [6.07, 6.45) is 0.388. The molecule has 6 aromatic rings. The quantitative estimate of drug-likeness (QED) is 0.0557. The third-order valence-corrected chi connectivity index (χ3v) is 10.6. The van der Waals surface area contributed by atoms with Gasteiger partial charge in [0.1, 0.15) is 36.8 Å². The van der Waals surface area contributed by atoms with Gasteiger partial charge in [-0.2, -0.15) is 0 Å². The van der Waals surface area contributed by atoms with Crippen LogP contribution in [0.15, 0.2) is 164 Å². The van der Waals surface area contributed by atoms with Crippen LogP contribution in [0, 0.1) is 18.1 Å². The van der Waals surface area contributed by atoms with E-state index >= 15 is 0 Å². The summed E-state index contributed by atoms with van der Waals surface area (Å²) in [6.45, 7) is 4.11. The smallest absolute Gasteiger partial charge is 0.154 e. The highest BCUT2D eigenvalue weighted by Crippen LogP contribution is 2.39. The van der Waals surface area contributed by atoms with Crippen LogP contribution < -0.4 is 0 Å².